The molecule has 0 bridgehead atoms. The van der Waals surface area contributed by atoms with E-state index in [9.17, 15) is 9.59 Å². The van der Waals surface area contributed by atoms with E-state index in [1.807, 2.05) is 37.2 Å². The van der Waals surface area contributed by atoms with E-state index in [0.29, 0.717) is 23.4 Å². The van der Waals surface area contributed by atoms with Crippen LogP contribution in [0.3, 0.4) is 0 Å². The highest BCUT2D eigenvalue weighted by molar-refractivity contribution is 9.10. The van der Waals surface area contributed by atoms with Crippen molar-refractivity contribution < 1.29 is 9.59 Å². The van der Waals surface area contributed by atoms with Crippen LogP contribution >= 0.6 is 15.9 Å². The third-order valence-electron chi connectivity index (χ3n) is 4.70. The van der Waals surface area contributed by atoms with Crippen molar-refractivity contribution in [2.45, 2.75) is 13.8 Å². The Morgan fingerprint density at radius 3 is 2.21 bits per heavy atom. The van der Waals surface area contributed by atoms with Crippen molar-refractivity contribution in [1.29, 1.82) is 0 Å². The van der Waals surface area contributed by atoms with E-state index in [4.69, 9.17) is 0 Å². The standard InChI is InChI=1S/C22H29BrN4O2/c1-5-27(6-2)14-13-24-22(29)19-15-18(11-12-20(19)26(3)4)25-21(28)16-7-9-17(23)10-8-16/h7-12,15H,5-6,13-14H2,1-4H3,(H,24,29)(H,25,28). The van der Waals surface area contributed by atoms with Crippen LogP contribution in [-0.2, 0) is 0 Å². The molecule has 0 aromatic heterocycles. The molecule has 0 saturated carbocycles. The van der Waals surface area contributed by atoms with Crippen molar-refractivity contribution in [1.82, 2.24) is 10.2 Å². The van der Waals surface area contributed by atoms with Crippen molar-refractivity contribution >= 4 is 39.1 Å². The normalized spacial score (nSPS) is 10.7. The molecule has 0 aliphatic carbocycles. The van der Waals surface area contributed by atoms with Gasteiger partial charge >= 0.3 is 0 Å². The molecule has 2 aromatic carbocycles. The summed E-state index contributed by atoms with van der Waals surface area (Å²) < 4.78 is 0.910. The molecule has 0 saturated heterocycles. The Kier molecular flexibility index (Phi) is 8.67. The molecule has 2 aromatic rings. The lowest BCUT2D eigenvalue weighted by atomic mass is 10.1. The monoisotopic (exact) mass is 460 g/mol. The Balaban J connectivity index is 2.14. The maximum Gasteiger partial charge on any atom is 0.255 e. The van der Waals surface area contributed by atoms with Gasteiger partial charge in [-0.05, 0) is 55.6 Å². The first-order chi connectivity index (χ1) is 13.8. The molecule has 2 amide bonds. The zero-order chi connectivity index (χ0) is 21.4. The summed E-state index contributed by atoms with van der Waals surface area (Å²) in [7, 11) is 3.78. The van der Waals surface area contributed by atoms with E-state index >= 15 is 0 Å². The van der Waals surface area contributed by atoms with Gasteiger partial charge in [-0.1, -0.05) is 29.8 Å². The predicted molar refractivity (Wildman–Crippen MR) is 123 cm³/mol. The summed E-state index contributed by atoms with van der Waals surface area (Å²) >= 11 is 3.36. The van der Waals surface area contributed by atoms with Crippen molar-refractivity contribution in [2.24, 2.45) is 0 Å². The number of carbonyl (C=O) groups is 2. The lowest BCUT2D eigenvalue weighted by Crippen LogP contribution is -2.35. The number of anilines is 2. The van der Waals surface area contributed by atoms with Gasteiger partial charge in [0.2, 0.25) is 0 Å². The predicted octanol–water partition coefficient (Wildman–Crippen LogP) is 3.84. The van der Waals surface area contributed by atoms with Gasteiger partial charge in [-0.3, -0.25) is 9.59 Å². The lowest BCUT2D eigenvalue weighted by Gasteiger charge is -2.20. The molecule has 0 aliphatic rings. The van der Waals surface area contributed by atoms with Crippen molar-refractivity contribution in [3.05, 3.63) is 58.1 Å². The molecular formula is C22H29BrN4O2. The Morgan fingerprint density at radius 2 is 1.62 bits per heavy atom. The van der Waals surface area contributed by atoms with Crippen LogP contribution in [0.25, 0.3) is 0 Å². The number of benzene rings is 2. The largest absolute Gasteiger partial charge is 0.377 e. The Labute approximate surface area is 181 Å². The van der Waals surface area contributed by atoms with Gasteiger partial charge in [0.1, 0.15) is 0 Å². The number of carbonyl (C=O) groups excluding carboxylic acids is 2. The van der Waals surface area contributed by atoms with Crippen LogP contribution in [0.1, 0.15) is 34.6 Å². The average molecular weight is 461 g/mol. The van der Waals surface area contributed by atoms with Crippen LogP contribution in [0, 0.1) is 0 Å². The molecule has 0 atom stereocenters. The third-order valence-corrected chi connectivity index (χ3v) is 5.22. The fourth-order valence-electron chi connectivity index (χ4n) is 2.95. The summed E-state index contributed by atoms with van der Waals surface area (Å²) in [4.78, 5) is 29.4. The number of hydrogen-bond acceptors (Lipinski definition) is 4. The molecular weight excluding hydrogens is 432 g/mol. The molecule has 0 fully saturated rings. The maximum absolute atomic E-state index is 12.8. The Morgan fingerprint density at radius 1 is 0.966 bits per heavy atom. The minimum absolute atomic E-state index is 0.152. The van der Waals surface area contributed by atoms with Crippen molar-refractivity contribution in [3.8, 4) is 0 Å². The van der Waals surface area contributed by atoms with Crippen LogP contribution in [0.2, 0.25) is 0 Å². The molecule has 2 N–H and O–H groups in total. The fourth-order valence-corrected chi connectivity index (χ4v) is 3.22. The third kappa shape index (κ3) is 6.58. The number of halogens is 1. The second-order valence-corrected chi connectivity index (χ2v) is 7.79. The summed E-state index contributed by atoms with van der Waals surface area (Å²) in [6.07, 6.45) is 0. The van der Waals surface area contributed by atoms with Gasteiger partial charge in [0, 0.05) is 48.6 Å². The molecule has 0 unspecified atom stereocenters. The molecule has 0 heterocycles. The minimum Gasteiger partial charge on any atom is -0.377 e. The number of hydrogen-bond donors (Lipinski definition) is 2. The molecule has 7 heteroatoms. The Bertz CT molecular complexity index is 833. The van der Waals surface area contributed by atoms with Crippen LogP contribution in [-0.4, -0.2) is 57.0 Å². The van der Waals surface area contributed by atoms with E-state index < -0.39 is 0 Å². The van der Waals surface area contributed by atoms with Crippen molar-refractivity contribution in [3.63, 3.8) is 0 Å². The molecule has 2 rings (SSSR count). The molecule has 29 heavy (non-hydrogen) atoms. The molecule has 0 aliphatic heterocycles. The maximum atomic E-state index is 12.8. The van der Waals surface area contributed by atoms with Gasteiger partial charge in [0.05, 0.1) is 5.56 Å². The summed E-state index contributed by atoms with van der Waals surface area (Å²) in [5.41, 5.74) is 2.46. The van der Waals surface area contributed by atoms with Gasteiger partial charge in [-0.25, -0.2) is 0 Å². The second-order valence-electron chi connectivity index (χ2n) is 6.87. The molecule has 0 radical (unpaired) electrons. The van der Waals surface area contributed by atoms with Crippen LogP contribution in [0.4, 0.5) is 11.4 Å². The zero-order valence-corrected chi connectivity index (χ0v) is 19.0. The summed E-state index contributed by atoms with van der Waals surface area (Å²) in [6.45, 7) is 7.48. The van der Waals surface area contributed by atoms with Crippen LogP contribution < -0.4 is 15.5 Å². The van der Waals surface area contributed by atoms with E-state index in [2.05, 4.69) is 45.3 Å². The van der Waals surface area contributed by atoms with E-state index in [1.165, 1.54) is 0 Å². The first-order valence-corrected chi connectivity index (χ1v) is 10.5. The number of rotatable bonds is 9. The zero-order valence-electron chi connectivity index (χ0n) is 17.5. The number of likely N-dealkylation sites (N-methyl/N-ethyl adjacent to an activating group) is 1. The average Bonchev–Trinajstić information content (AvgIpc) is 2.71. The van der Waals surface area contributed by atoms with Gasteiger partial charge in [-0.2, -0.15) is 0 Å². The van der Waals surface area contributed by atoms with Crippen molar-refractivity contribution in [2.75, 3.05) is 50.5 Å². The van der Waals surface area contributed by atoms with Crippen LogP contribution in [0.15, 0.2) is 46.9 Å². The van der Waals surface area contributed by atoms with E-state index in [-0.39, 0.29) is 11.8 Å². The minimum atomic E-state index is -0.219. The second kappa shape index (κ2) is 11.0. The van der Waals surface area contributed by atoms with Gasteiger partial charge in [-0.15, -0.1) is 0 Å². The van der Waals surface area contributed by atoms with E-state index in [0.717, 1.165) is 29.8 Å². The number of amides is 2. The highest BCUT2D eigenvalue weighted by atomic mass is 79.9. The number of nitrogens with zero attached hydrogens (tertiary/aromatic N) is 2. The number of nitrogens with one attached hydrogen (secondary N) is 2. The molecule has 6 nitrogen and oxygen atoms in total. The smallest absolute Gasteiger partial charge is 0.255 e. The highest BCUT2D eigenvalue weighted by Crippen LogP contribution is 2.23. The first-order valence-electron chi connectivity index (χ1n) is 9.74. The summed E-state index contributed by atoms with van der Waals surface area (Å²) in [6, 6.07) is 12.5. The summed E-state index contributed by atoms with van der Waals surface area (Å²) in [5, 5.41) is 5.86. The SMILES string of the molecule is CCN(CC)CCNC(=O)c1cc(NC(=O)c2ccc(Br)cc2)ccc1N(C)C. The Hall–Kier alpha value is -2.38. The lowest BCUT2D eigenvalue weighted by molar-refractivity contribution is 0.0948. The van der Waals surface area contributed by atoms with E-state index in [1.54, 1.807) is 24.3 Å². The first kappa shape index (κ1) is 22.9. The molecule has 156 valence electrons. The quantitative estimate of drug-likeness (QED) is 0.596. The highest BCUT2D eigenvalue weighted by Gasteiger charge is 2.15. The van der Waals surface area contributed by atoms with Crippen LogP contribution in [0.5, 0.6) is 0 Å². The van der Waals surface area contributed by atoms with Gasteiger partial charge < -0.3 is 20.4 Å². The van der Waals surface area contributed by atoms with Gasteiger partial charge in [0.25, 0.3) is 11.8 Å². The fraction of sp³-hybridized carbons (Fsp3) is 0.364. The topological polar surface area (TPSA) is 64.7 Å². The van der Waals surface area contributed by atoms with Gasteiger partial charge in [0.15, 0.2) is 0 Å². The molecule has 0 spiro atoms. The summed E-state index contributed by atoms with van der Waals surface area (Å²) in [5.74, 6) is -0.372.